The molecule has 0 fully saturated rings. The molecule has 26 heavy (non-hydrogen) atoms. The summed E-state index contributed by atoms with van der Waals surface area (Å²) in [7, 11) is 0. The van der Waals surface area contributed by atoms with E-state index in [1.807, 2.05) is 0 Å². The van der Waals surface area contributed by atoms with Gasteiger partial charge in [-0.3, -0.25) is 9.59 Å². The van der Waals surface area contributed by atoms with E-state index in [2.05, 4.69) is 30.2 Å². The van der Waals surface area contributed by atoms with Gasteiger partial charge in [-0.15, -0.1) is 0 Å². The highest BCUT2D eigenvalue weighted by molar-refractivity contribution is 5.87. The highest BCUT2D eigenvalue weighted by Gasteiger charge is 2.21. The summed E-state index contributed by atoms with van der Waals surface area (Å²) >= 11 is 0. The molecule has 0 aliphatic carbocycles. The fourth-order valence-electron chi connectivity index (χ4n) is 2.83. The lowest BCUT2D eigenvalue weighted by atomic mass is 10.0. The van der Waals surface area contributed by atoms with Gasteiger partial charge in [0, 0.05) is 7.79 Å². The van der Waals surface area contributed by atoms with E-state index < -0.39 is 6.04 Å². The Kier molecular flexibility index (Phi) is 18.7. The number of nitrogens with one attached hydrogen (secondary N) is 2. The van der Waals surface area contributed by atoms with Crippen LogP contribution in [-0.4, -0.2) is 30.9 Å². The molecule has 0 aromatic heterocycles. The van der Waals surface area contributed by atoms with Crippen molar-refractivity contribution in [3.05, 3.63) is 0 Å². The molecule has 0 saturated carbocycles. The van der Waals surface area contributed by atoms with Gasteiger partial charge in [0.25, 0.3) is 0 Å². The third-order valence-corrected chi connectivity index (χ3v) is 4.24. The first-order valence-electron chi connectivity index (χ1n) is 10.9. The highest BCUT2D eigenvalue weighted by atomic mass is 79.9. The van der Waals surface area contributed by atoms with Crippen LogP contribution in [0.1, 0.15) is 92.7 Å². The summed E-state index contributed by atoms with van der Waals surface area (Å²) in [5.74, 6) is 0.240. The Balaban J connectivity index is 0. The average molecular weight is 437 g/mol. The van der Waals surface area contributed by atoms with Gasteiger partial charge in [0.15, 0.2) is 0 Å². The third kappa shape index (κ3) is 16.8. The molecule has 0 aromatic rings. The number of carbonyl (C=O) groups is 2. The van der Waals surface area contributed by atoms with Crippen molar-refractivity contribution in [1.82, 2.24) is 10.6 Å². The fourth-order valence-corrected chi connectivity index (χ4v) is 2.83. The second-order valence-corrected chi connectivity index (χ2v) is 7.33. The van der Waals surface area contributed by atoms with Crippen molar-refractivity contribution in [3.63, 3.8) is 0 Å². The van der Waals surface area contributed by atoms with E-state index in [1.54, 1.807) is 0 Å². The summed E-state index contributed by atoms with van der Waals surface area (Å²) in [5, 5.41) is 5.73. The highest BCUT2D eigenvalue weighted by Crippen LogP contribution is 2.11. The van der Waals surface area contributed by atoms with E-state index in [0.29, 0.717) is 38.7 Å². The van der Waals surface area contributed by atoms with Crippen LogP contribution < -0.4 is 33.3 Å². The van der Waals surface area contributed by atoms with Crippen LogP contribution in [0.4, 0.5) is 0 Å². The lowest BCUT2D eigenvalue weighted by molar-refractivity contribution is -0.364. The molecule has 156 valence electrons. The molecule has 5 N–H and O–H groups in total. The number of unbranched alkanes of at least 4 members (excludes halogenated alkanes) is 8. The SMILES string of the molecule is [2H]CCCCCCCCCCCC(=O)N[C@@H](CC(C)C)C(=O)NCC[NH3+].[Br-]. The van der Waals surface area contributed by atoms with Gasteiger partial charge in [0.05, 0.1) is 13.1 Å². The summed E-state index contributed by atoms with van der Waals surface area (Å²) in [6.45, 7) is 5.86. The van der Waals surface area contributed by atoms with E-state index in [1.165, 1.54) is 38.5 Å². The number of amides is 2. The molecule has 0 saturated heterocycles. The van der Waals surface area contributed by atoms with Crippen molar-refractivity contribution in [2.45, 2.75) is 97.4 Å². The van der Waals surface area contributed by atoms with Crippen molar-refractivity contribution in [1.29, 1.82) is 0 Å². The quantitative estimate of drug-likeness (QED) is 0.292. The van der Waals surface area contributed by atoms with Crippen molar-refractivity contribution in [2.24, 2.45) is 5.92 Å². The second kappa shape index (κ2) is 19.2. The minimum Gasteiger partial charge on any atom is -1.00 e. The van der Waals surface area contributed by atoms with Gasteiger partial charge in [0.2, 0.25) is 11.8 Å². The number of carbonyl (C=O) groups excluding carboxylic acids is 2. The maximum Gasteiger partial charge on any atom is 0.242 e. The van der Waals surface area contributed by atoms with Crippen molar-refractivity contribution >= 4 is 11.8 Å². The van der Waals surface area contributed by atoms with Crippen LogP contribution in [0.2, 0.25) is 0 Å². The normalized spacial score (nSPS) is 12.2. The second-order valence-electron chi connectivity index (χ2n) is 7.33. The topological polar surface area (TPSA) is 85.8 Å². The number of rotatable bonds is 16. The monoisotopic (exact) mass is 436 g/mol. The number of hydrogen-bond donors (Lipinski definition) is 3. The largest absolute Gasteiger partial charge is 1.00 e. The van der Waals surface area contributed by atoms with Gasteiger partial charge in [0.1, 0.15) is 6.04 Å². The summed E-state index contributed by atoms with van der Waals surface area (Å²) in [6, 6.07) is -0.433. The number of quaternary nitrogens is 1. The minimum atomic E-state index is -0.433. The van der Waals surface area contributed by atoms with Gasteiger partial charge in [-0.2, -0.15) is 0 Å². The predicted octanol–water partition coefficient (Wildman–Crippen LogP) is -0.200. The lowest BCUT2D eigenvalue weighted by Crippen LogP contribution is -3.00. The Morgan fingerprint density at radius 1 is 1.00 bits per heavy atom. The zero-order valence-electron chi connectivity index (χ0n) is 18.0. The zero-order valence-corrected chi connectivity index (χ0v) is 18.5. The summed E-state index contributed by atoms with van der Waals surface area (Å²) in [4.78, 5) is 24.3. The molecule has 2 amide bonds. The van der Waals surface area contributed by atoms with Crippen LogP contribution in [0.3, 0.4) is 0 Å². The molecule has 1 atom stereocenters. The Hall–Kier alpha value is -0.620. The van der Waals surface area contributed by atoms with Gasteiger partial charge < -0.3 is 33.3 Å². The maximum absolute atomic E-state index is 12.2. The Labute approximate surface area is 172 Å². The molecule has 0 aliphatic heterocycles. The van der Waals surface area contributed by atoms with E-state index in [4.69, 9.17) is 1.37 Å². The zero-order chi connectivity index (χ0) is 19.6. The van der Waals surface area contributed by atoms with Crippen LogP contribution in [0.25, 0.3) is 0 Å². The fraction of sp³-hybridized carbons (Fsp3) is 0.900. The predicted molar refractivity (Wildman–Crippen MR) is 104 cm³/mol. The third-order valence-electron chi connectivity index (χ3n) is 4.24. The molecular weight excluding hydrogens is 394 g/mol. The smallest absolute Gasteiger partial charge is 0.242 e. The first-order chi connectivity index (χ1) is 12.5. The van der Waals surface area contributed by atoms with Gasteiger partial charge >= 0.3 is 0 Å². The summed E-state index contributed by atoms with van der Waals surface area (Å²) in [5.41, 5.74) is 3.72. The Bertz CT molecular complexity index is 371. The number of halogens is 1. The molecule has 0 aliphatic rings. The molecule has 0 radical (unpaired) electrons. The molecule has 0 spiro atoms. The molecule has 0 aromatic carbocycles. The molecule has 6 heteroatoms. The van der Waals surface area contributed by atoms with Crippen LogP contribution in [0.5, 0.6) is 0 Å². The van der Waals surface area contributed by atoms with Gasteiger partial charge in [-0.05, 0) is 18.8 Å². The standard InChI is InChI=1S/C20H41N3O2.BrH/c1-4-5-6-7-8-9-10-11-12-13-19(24)23-18(16-17(2)3)20(25)22-15-14-21;/h17-18H,4-16,21H2,1-3H3,(H,22,25)(H,23,24);1H/t18-;/m0./s1/i1D;. The van der Waals surface area contributed by atoms with E-state index in [9.17, 15) is 9.59 Å². The molecule has 5 nitrogen and oxygen atoms in total. The van der Waals surface area contributed by atoms with Crippen molar-refractivity contribution < 1.29 is 33.7 Å². The van der Waals surface area contributed by atoms with Gasteiger partial charge in [-0.25, -0.2) is 0 Å². The van der Waals surface area contributed by atoms with Crippen molar-refractivity contribution in [3.8, 4) is 0 Å². The van der Waals surface area contributed by atoms with Crippen LogP contribution in [0.15, 0.2) is 0 Å². The van der Waals surface area contributed by atoms with Crippen molar-refractivity contribution in [2.75, 3.05) is 13.1 Å². The Morgan fingerprint density at radius 3 is 2.12 bits per heavy atom. The molecule has 0 rings (SSSR count). The van der Waals surface area contributed by atoms with E-state index in [-0.39, 0.29) is 28.8 Å². The van der Waals surface area contributed by atoms with Crippen LogP contribution in [-0.2, 0) is 9.59 Å². The molecule has 0 heterocycles. The average Bonchev–Trinajstić information content (AvgIpc) is 2.60. The minimum absolute atomic E-state index is 0. The molecule has 0 bridgehead atoms. The summed E-state index contributed by atoms with van der Waals surface area (Å²) in [6.07, 6.45) is 11.5. The Morgan fingerprint density at radius 2 is 1.58 bits per heavy atom. The first-order valence-corrected chi connectivity index (χ1v) is 10.2. The van der Waals surface area contributed by atoms with E-state index >= 15 is 0 Å². The molecular formula is C20H42BrN3O2. The van der Waals surface area contributed by atoms with E-state index in [0.717, 1.165) is 19.3 Å². The summed E-state index contributed by atoms with van der Waals surface area (Å²) < 4.78 is 7.10. The van der Waals surface area contributed by atoms with Gasteiger partial charge in [-0.1, -0.05) is 72.1 Å². The number of hydrogen-bond acceptors (Lipinski definition) is 2. The van der Waals surface area contributed by atoms with Crippen LogP contribution in [0, 0.1) is 5.92 Å². The lowest BCUT2D eigenvalue weighted by Gasteiger charge is -2.20. The molecule has 0 unspecified atom stereocenters. The van der Waals surface area contributed by atoms with Crippen LogP contribution >= 0.6 is 0 Å². The first kappa shape index (κ1) is 25.4. The maximum atomic E-state index is 12.2.